The Balaban J connectivity index is 2.88. The van der Waals surface area contributed by atoms with Crippen LogP contribution in [0.2, 0.25) is 0 Å². The van der Waals surface area contributed by atoms with E-state index in [1.54, 1.807) is 0 Å². The molecule has 0 fully saturated rings. The molecular formula is C5H13NO3. The van der Waals surface area contributed by atoms with Gasteiger partial charge in [-0.25, -0.2) is 0 Å². The molecule has 0 aromatic rings. The van der Waals surface area contributed by atoms with Crippen LogP contribution in [0.1, 0.15) is 0 Å². The Kier molecular flexibility index (Phi) is 5.86. The van der Waals surface area contributed by atoms with Crippen LogP contribution < -0.4 is 5.73 Å². The van der Waals surface area contributed by atoms with E-state index >= 15 is 0 Å². The predicted octanol–water partition coefficient (Wildman–Crippen LogP) is -1.07. The average Bonchev–Trinajstić information content (AvgIpc) is 1.89. The third kappa shape index (κ3) is 5.72. The van der Waals surface area contributed by atoms with E-state index in [1.807, 2.05) is 0 Å². The van der Waals surface area contributed by atoms with Gasteiger partial charge in [-0.15, -0.1) is 0 Å². The highest BCUT2D eigenvalue weighted by atomic mass is 16.7. The molecule has 0 amide bonds. The van der Waals surface area contributed by atoms with Gasteiger partial charge in [-0.05, 0) is 0 Å². The van der Waals surface area contributed by atoms with Gasteiger partial charge < -0.3 is 20.3 Å². The van der Waals surface area contributed by atoms with Crippen LogP contribution in [0.25, 0.3) is 0 Å². The minimum absolute atomic E-state index is 0.0519. The number of aliphatic hydroxyl groups excluding tert-OH is 1. The Hall–Kier alpha value is -0.160. The van der Waals surface area contributed by atoms with Gasteiger partial charge in [0.25, 0.3) is 0 Å². The first kappa shape index (κ1) is 8.84. The highest BCUT2D eigenvalue weighted by molar-refractivity contribution is 4.54. The molecule has 0 unspecified atom stereocenters. The maximum Gasteiger partial charge on any atom is 0.146 e. The summed E-state index contributed by atoms with van der Waals surface area (Å²) in [6.45, 7) is 0.516. The molecule has 0 bridgehead atoms. The summed E-state index contributed by atoms with van der Waals surface area (Å²) < 4.78 is 9.41. The Labute approximate surface area is 54.6 Å². The number of hydrogen-bond acceptors (Lipinski definition) is 4. The summed E-state index contributed by atoms with van der Waals surface area (Å²) in [6, 6.07) is -0.292. The summed E-state index contributed by atoms with van der Waals surface area (Å²) in [6.07, 6.45) is 0. The Morgan fingerprint density at radius 3 is 2.78 bits per heavy atom. The standard InChI is InChI=1S/C5H13NO3/c1-8-4-9-3-5(6)2-7/h5,7H,2-4,6H2,1H3/t5-/m0/s1. The maximum atomic E-state index is 8.39. The van der Waals surface area contributed by atoms with Gasteiger partial charge in [0.15, 0.2) is 0 Å². The lowest BCUT2D eigenvalue weighted by atomic mass is 10.4. The van der Waals surface area contributed by atoms with Crippen LogP contribution in [0.3, 0.4) is 0 Å². The minimum Gasteiger partial charge on any atom is -0.395 e. The van der Waals surface area contributed by atoms with Crippen molar-refractivity contribution in [3.05, 3.63) is 0 Å². The van der Waals surface area contributed by atoms with E-state index in [4.69, 9.17) is 15.6 Å². The fourth-order valence-corrected chi connectivity index (χ4v) is 0.336. The number of hydrogen-bond donors (Lipinski definition) is 2. The van der Waals surface area contributed by atoms with Gasteiger partial charge in [-0.3, -0.25) is 0 Å². The van der Waals surface area contributed by atoms with Crippen molar-refractivity contribution in [2.75, 3.05) is 27.1 Å². The molecule has 0 radical (unpaired) electrons. The molecule has 0 aliphatic heterocycles. The first-order chi connectivity index (χ1) is 4.31. The topological polar surface area (TPSA) is 64.7 Å². The van der Waals surface area contributed by atoms with Crippen LogP contribution >= 0.6 is 0 Å². The monoisotopic (exact) mass is 135 g/mol. The number of methoxy groups -OCH3 is 1. The van der Waals surface area contributed by atoms with Gasteiger partial charge in [0, 0.05) is 7.11 Å². The molecule has 0 aliphatic carbocycles. The van der Waals surface area contributed by atoms with E-state index in [0.29, 0.717) is 6.61 Å². The molecule has 0 spiro atoms. The fourth-order valence-electron chi connectivity index (χ4n) is 0.336. The van der Waals surface area contributed by atoms with Crippen LogP contribution in [0, 0.1) is 0 Å². The number of ether oxygens (including phenoxy) is 2. The van der Waals surface area contributed by atoms with Crippen molar-refractivity contribution in [1.82, 2.24) is 0 Å². The van der Waals surface area contributed by atoms with Crippen molar-refractivity contribution in [2.24, 2.45) is 5.73 Å². The van der Waals surface area contributed by atoms with Crippen LogP contribution in [-0.4, -0.2) is 38.3 Å². The third-order valence-electron chi connectivity index (χ3n) is 0.768. The van der Waals surface area contributed by atoms with Crippen molar-refractivity contribution < 1.29 is 14.6 Å². The first-order valence-corrected chi connectivity index (χ1v) is 2.74. The quantitative estimate of drug-likeness (QED) is 0.372. The van der Waals surface area contributed by atoms with Crippen molar-refractivity contribution in [1.29, 1.82) is 0 Å². The van der Waals surface area contributed by atoms with Crippen molar-refractivity contribution >= 4 is 0 Å². The van der Waals surface area contributed by atoms with Crippen LogP contribution in [-0.2, 0) is 9.47 Å². The van der Waals surface area contributed by atoms with Gasteiger partial charge in [-0.1, -0.05) is 0 Å². The summed E-state index contributed by atoms with van der Waals surface area (Å²) in [5, 5.41) is 8.39. The van der Waals surface area contributed by atoms with Crippen molar-refractivity contribution in [3.8, 4) is 0 Å². The Morgan fingerprint density at radius 1 is 1.67 bits per heavy atom. The second-order valence-corrected chi connectivity index (χ2v) is 1.72. The van der Waals surface area contributed by atoms with E-state index in [-0.39, 0.29) is 19.4 Å². The Bertz CT molecular complexity index is 60.2. The molecule has 0 saturated carbocycles. The van der Waals surface area contributed by atoms with E-state index in [1.165, 1.54) is 7.11 Å². The van der Waals surface area contributed by atoms with Gasteiger partial charge in [0.05, 0.1) is 19.3 Å². The molecule has 0 heterocycles. The van der Waals surface area contributed by atoms with Gasteiger partial charge >= 0.3 is 0 Å². The molecule has 4 nitrogen and oxygen atoms in total. The van der Waals surface area contributed by atoms with Gasteiger partial charge in [0.1, 0.15) is 6.79 Å². The van der Waals surface area contributed by atoms with Crippen molar-refractivity contribution in [2.45, 2.75) is 6.04 Å². The molecule has 9 heavy (non-hydrogen) atoms. The second kappa shape index (κ2) is 5.97. The molecule has 0 aromatic heterocycles. The summed E-state index contributed by atoms with van der Waals surface area (Å²) in [5.74, 6) is 0. The first-order valence-electron chi connectivity index (χ1n) is 2.74. The molecule has 1 atom stereocenters. The number of nitrogens with two attached hydrogens (primary N) is 1. The van der Waals surface area contributed by atoms with Crippen LogP contribution in [0.15, 0.2) is 0 Å². The second-order valence-electron chi connectivity index (χ2n) is 1.72. The molecule has 0 aliphatic rings. The largest absolute Gasteiger partial charge is 0.395 e. The fraction of sp³-hybridized carbons (Fsp3) is 1.00. The highest BCUT2D eigenvalue weighted by Gasteiger charge is 1.97. The van der Waals surface area contributed by atoms with E-state index in [0.717, 1.165) is 0 Å². The predicted molar refractivity (Wildman–Crippen MR) is 32.9 cm³/mol. The zero-order chi connectivity index (χ0) is 7.11. The van der Waals surface area contributed by atoms with E-state index in [2.05, 4.69) is 4.74 Å². The zero-order valence-corrected chi connectivity index (χ0v) is 5.54. The SMILES string of the molecule is COCOC[C@@H](N)CO. The van der Waals surface area contributed by atoms with Crippen molar-refractivity contribution in [3.63, 3.8) is 0 Å². The molecule has 0 aromatic carbocycles. The zero-order valence-electron chi connectivity index (χ0n) is 5.54. The molecule has 3 N–H and O–H groups in total. The summed E-state index contributed by atoms with van der Waals surface area (Å²) in [4.78, 5) is 0. The molecule has 0 rings (SSSR count). The summed E-state index contributed by atoms with van der Waals surface area (Å²) in [5.41, 5.74) is 5.28. The molecular weight excluding hydrogens is 122 g/mol. The smallest absolute Gasteiger partial charge is 0.146 e. The van der Waals surface area contributed by atoms with Crippen LogP contribution in [0.5, 0.6) is 0 Å². The third-order valence-corrected chi connectivity index (χ3v) is 0.768. The van der Waals surface area contributed by atoms with Gasteiger partial charge in [-0.2, -0.15) is 0 Å². The summed E-state index contributed by atoms with van der Waals surface area (Å²) in [7, 11) is 1.53. The van der Waals surface area contributed by atoms with E-state index < -0.39 is 0 Å². The lowest BCUT2D eigenvalue weighted by Gasteiger charge is -2.06. The summed E-state index contributed by atoms with van der Waals surface area (Å²) >= 11 is 0. The average molecular weight is 135 g/mol. The van der Waals surface area contributed by atoms with Gasteiger partial charge in [0.2, 0.25) is 0 Å². The number of aliphatic hydroxyl groups is 1. The lowest BCUT2D eigenvalue weighted by molar-refractivity contribution is -0.0386. The minimum atomic E-state index is -0.292. The molecule has 0 saturated heterocycles. The highest BCUT2D eigenvalue weighted by Crippen LogP contribution is 1.79. The van der Waals surface area contributed by atoms with Crippen LogP contribution in [0.4, 0.5) is 0 Å². The molecule has 56 valence electrons. The maximum absolute atomic E-state index is 8.39. The number of rotatable bonds is 5. The molecule has 4 heteroatoms. The lowest BCUT2D eigenvalue weighted by Crippen LogP contribution is -2.30. The normalized spacial score (nSPS) is 13.7. The Morgan fingerprint density at radius 2 is 2.33 bits per heavy atom. The van der Waals surface area contributed by atoms with E-state index in [9.17, 15) is 0 Å².